The number of nitrogens with zero attached hydrogens (tertiary/aromatic N) is 1. The number of primary amides is 1. The number of ketones is 2. The van der Waals surface area contributed by atoms with E-state index in [9.17, 15) is 39.9 Å². The molecule has 6 atom stereocenters. The predicted octanol–water partition coefficient (Wildman–Crippen LogP) is -0.504. The van der Waals surface area contributed by atoms with Gasteiger partial charge in [-0.1, -0.05) is 19.1 Å². The van der Waals surface area contributed by atoms with Crippen LogP contribution < -0.4 is 5.73 Å². The zero-order valence-electron chi connectivity index (χ0n) is 17.6. The lowest BCUT2D eigenvalue weighted by molar-refractivity contribution is -0.169. The molecule has 0 radical (unpaired) electrons. The van der Waals surface area contributed by atoms with Gasteiger partial charge in [-0.3, -0.25) is 19.3 Å². The molecular weight excluding hydrogens is 420 g/mol. The summed E-state index contributed by atoms with van der Waals surface area (Å²) >= 11 is 0. The quantitative estimate of drug-likeness (QED) is 0.327. The summed E-state index contributed by atoms with van der Waals surface area (Å²) in [6, 6.07) is 3.13. The molecule has 10 nitrogen and oxygen atoms in total. The summed E-state index contributed by atoms with van der Waals surface area (Å²) < 4.78 is 0. The highest BCUT2D eigenvalue weighted by Crippen LogP contribution is 2.55. The monoisotopic (exact) mass is 444 g/mol. The number of nitrogens with two attached hydrogens (primary N) is 1. The number of carbonyl (C=O) groups is 3. The second-order valence-electron chi connectivity index (χ2n) is 8.79. The molecule has 0 bridgehead atoms. The van der Waals surface area contributed by atoms with E-state index in [1.807, 2.05) is 0 Å². The molecule has 1 amide bonds. The molecule has 7 N–H and O–H groups in total. The molecule has 1 aromatic rings. The molecule has 0 aromatic heterocycles. The number of hydrogen-bond donors (Lipinski definition) is 6. The largest absolute Gasteiger partial charge is 0.508 e. The van der Waals surface area contributed by atoms with Crippen LogP contribution >= 0.6 is 0 Å². The van der Waals surface area contributed by atoms with E-state index in [4.69, 9.17) is 5.73 Å². The van der Waals surface area contributed by atoms with Crippen LogP contribution in [0.3, 0.4) is 0 Å². The number of aliphatic hydroxyl groups is 4. The fourth-order valence-corrected chi connectivity index (χ4v) is 5.58. The highest BCUT2D eigenvalue weighted by molar-refractivity contribution is 6.24. The third-order valence-electron chi connectivity index (χ3n) is 6.99. The molecule has 0 aliphatic heterocycles. The van der Waals surface area contributed by atoms with Crippen LogP contribution in [0.1, 0.15) is 24.0 Å². The number of Topliss-reactive ketones (excluding diaryl/α,β-unsaturated/α-hetero) is 2. The van der Waals surface area contributed by atoms with Crippen molar-refractivity contribution in [2.75, 3.05) is 14.1 Å². The van der Waals surface area contributed by atoms with Crippen molar-refractivity contribution in [3.8, 4) is 5.75 Å². The maximum atomic E-state index is 13.7. The van der Waals surface area contributed by atoms with Gasteiger partial charge in [0.25, 0.3) is 5.91 Å². The fraction of sp³-hybridized carbons (Fsp3) is 0.409. The Hall–Kier alpha value is -3.21. The number of amides is 1. The molecule has 3 aliphatic rings. The number of aliphatic hydroxyl groups excluding tert-OH is 3. The fourth-order valence-electron chi connectivity index (χ4n) is 5.58. The molecule has 0 heterocycles. The van der Waals surface area contributed by atoms with Crippen molar-refractivity contribution in [1.82, 2.24) is 4.90 Å². The van der Waals surface area contributed by atoms with E-state index >= 15 is 0 Å². The first-order valence-corrected chi connectivity index (χ1v) is 10.0. The Morgan fingerprint density at radius 1 is 1.16 bits per heavy atom. The summed E-state index contributed by atoms with van der Waals surface area (Å²) in [5.41, 5.74) is 1.47. The molecule has 10 heteroatoms. The number of phenols is 1. The molecule has 3 unspecified atom stereocenters. The Balaban J connectivity index is 2.07. The van der Waals surface area contributed by atoms with Crippen molar-refractivity contribution in [1.29, 1.82) is 0 Å². The lowest BCUT2D eigenvalue weighted by Crippen LogP contribution is -2.70. The van der Waals surface area contributed by atoms with Gasteiger partial charge in [-0.05, 0) is 31.6 Å². The van der Waals surface area contributed by atoms with Gasteiger partial charge in [0.05, 0.1) is 23.6 Å². The van der Waals surface area contributed by atoms with E-state index in [0.29, 0.717) is 5.56 Å². The lowest BCUT2D eigenvalue weighted by atomic mass is 9.54. The highest BCUT2D eigenvalue weighted by atomic mass is 16.4. The lowest BCUT2D eigenvalue weighted by Gasteiger charge is -2.53. The van der Waals surface area contributed by atoms with Gasteiger partial charge in [0, 0.05) is 11.5 Å². The Kier molecular flexibility index (Phi) is 4.74. The van der Waals surface area contributed by atoms with Crippen LogP contribution in [0.4, 0.5) is 0 Å². The standard InChI is InChI=1S/C22H24N2O8/c1-7-8-5-4-6-9(25)11(8)16(26)12-10(7)17(27)14-15(24(2)3)18(28)13(21(23)31)20(30)22(14,32)19(12)29/h4-7,10,14-15,17,25-27,30,32H,1-3H3,(H2,23,31)/t7-,10?,14?,15?,17-,22-/m0/s1. The first kappa shape index (κ1) is 22.0. The van der Waals surface area contributed by atoms with Crippen molar-refractivity contribution in [2.24, 2.45) is 17.6 Å². The van der Waals surface area contributed by atoms with Crippen LogP contribution in [-0.2, 0) is 14.4 Å². The smallest absolute Gasteiger partial charge is 0.255 e. The third-order valence-corrected chi connectivity index (χ3v) is 6.99. The number of benzene rings is 1. The van der Waals surface area contributed by atoms with Gasteiger partial charge in [-0.2, -0.15) is 0 Å². The summed E-state index contributed by atoms with van der Waals surface area (Å²) in [6.07, 6.45) is -1.59. The summed E-state index contributed by atoms with van der Waals surface area (Å²) in [4.78, 5) is 40.0. The minimum Gasteiger partial charge on any atom is -0.508 e. The van der Waals surface area contributed by atoms with Gasteiger partial charge < -0.3 is 31.3 Å². The minimum absolute atomic E-state index is 0.0245. The van der Waals surface area contributed by atoms with Crippen LogP contribution in [0.5, 0.6) is 5.75 Å². The normalized spacial score (nSPS) is 34.4. The number of likely N-dealkylation sites (N-methyl/N-ethyl adjacent to an activating group) is 1. The average Bonchev–Trinajstić information content (AvgIpc) is 2.70. The Bertz CT molecular complexity index is 1140. The molecule has 170 valence electrons. The number of hydrogen-bond acceptors (Lipinski definition) is 9. The number of carbonyl (C=O) groups excluding carboxylic acids is 3. The number of phenolic OH excluding ortho intramolecular Hbond substituents is 1. The van der Waals surface area contributed by atoms with Crippen LogP contribution in [0.25, 0.3) is 5.76 Å². The van der Waals surface area contributed by atoms with Gasteiger partial charge >= 0.3 is 0 Å². The molecule has 0 spiro atoms. The van der Waals surface area contributed by atoms with E-state index in [2.05, 4.69) is 0 Å². The van der Waals surface area contributed by atoms with Crippen molar-refractivity contribution in [2.45, 2.75) is 30.6 Å². The van der Waals surface area contributed by atoms with E-state index in [-0.39, 0.29) is 11.3 Å². The molecule has 1 fully saturated rings. The average molecular weight is 444 g/mol. The van der Waals surface area contributed by atoms with Crippen molar-refractivity contribution >= 4 is 23.2 Å². The first-order valence-electron chi connectivity index (χ1n) is 10.0. The van der Waals surface area contributed by atoms with E-state index in [1.54, 1.807) is 19.1 Å². The van der Waals surface area contributed by atoms with Crippen LogP contribution in [0, 0.1) is 11.8 Å². The summed E-state index contributed by atoms with van der Waals surface area (Å²) in [6.45, 7) is 1.68. The zero-order valence-corrected chi connectivity index (χ0v) is 17.6. The molecular formula is C22H24N2O8. The number of aromatic hydroxyl groups is 1. The molecule has 1 aromatic carbocycles. The summed E-state index contributed by atoms with van der Waals surface area (Å²) in [7, 11) is 2.92. The van der Waals surface area contributed by atoms with E-state index in [0.717, 1.165) is 0 Å². The Morgan fingerprint density at radius 2 is 1.78 bits per heavy atom. The van der Waals surface area contributed by atoms with Crippen molar-refractivity contribution in [3.63, 3.8) is 0 Å². The van der Waals surface area contributed by atoms with Gasteiger partial charge in [0.1, 0.15) is 22.8 Å². The van der Waals surface area contributed by atoms with E-state index < -0.39 is 75.6 Å². The second-order valence-corrected chi connectivity index (χ2v) is 8.79. The van der Waals surface area contributed by atoms with Crippen LogP contribution in [-0.4, -0.2) is 79.7 Å². The molecule has 1 saturated carbocycles. The Morgan fingerprint density at radius 3 is 2.34 bits per heavy atom. The minimum atomic E-state index is -2.89. The summed E-state index contributed by atoms with van der Waals surface area (Å²) in [5, 5.41) is 54.9. The maximum absolute atomic E-state index is 13.7. The summed E-state index contributed by atoms with van der Waals surface area (Å²) in [5.74, 6) is -8.87. The van der Waals surface area contributed by atoms with Crippen LogP contribution in [0.2, 0.25) is 0 Å². The second kappa shape index (κ2) is 6.89. The first-order chi connectivity index (χ1) is 14.9. The van der Waals surface area contributed by atoms with Crippen molar-refractivity contribution in [3.05, 3.63) is 46.2 Å². The van der Waals surface area contributed by atoms with Crippen LogP contribution in [0.15, 0.2) is 35.1 Å². The maximum Gasteiger partial charge on any atom is 0.255 e. The third kappa shape index (κ3) is 2.48. The topological polar surface area (TPSA) is 182 Å². The predicted molar refractivity (Wildman–Crippen MR) is 110 cm³/mol. The van der Waals surface area contributed by atoms with Gasteiger partial charge in [-0.15, -0.1) is 0 Å². The number of fused-ring (bicyclic) bond motifs is 3. The molecule has 3 aliphatic carbocycles. The van der Waals surface area contributed by atoms with E-state index in [1.165, 1.54) is 25.1 Å². The molecule has 32 heavy (non-hydrogen) atoms. The highest BCUT2D eigenvalue weighted by Gasteiger charge is 2.68. The van der Waals surface area contributed by atoms with Crippen molar-refractivity contribution < 1.29 is 39.9 Å². The van der Waals surface area contributed by atoms with Gasteiger partial charge in [0.15, 0.2) is 11.4 Å². The van der Waals surface area contributed by atoms with Gasteiger partial charge in [0.2, 0.25) is 5.78 Å². The van der Waals surface area contributed by atoms with Gasteiger partial charge in [-0.25, -0.2) is 0 Å². The Labute approximate surface area is 182 Å². The molecule has 4 rings (SSSR count). The number of rotatable bonds is 2. The molecule has 0 saturated heterocycles. The SMILES string of the molecule is C[C@H]1c2cccc(O)c2C(O)=C2C(=O)[C@]3(O)C(O)=C(C(N)=O)C(=O)C(N(C)C)C3[C@@H](O)C21. The zero-order chi connectivity index (χ0) is 23.9.